The molecular formula is C11H13BrN2O4S. The molecule has 19 heavy (non-hydrogen) atoms. The van der Waals surface area contributed by atoms with Gasteiger partial charge in [-0.3, -0.25) is 4.79 Å². The van der Waals surface area contributed by atoms with Gasteiger partial charge in [-0.25, -0.2) is 13.4 Å². The third-order valence-corrected chi connectivity index (χ3v) is 5.42. The van der Waals surface area contributed by atoms with Crippen LogP contribution in [0.2, 0.25) is 0 Å². The van der Waals surface area contributed by atoms with E-state index in [2.05, 4.69) is 20.9 Å². The Morgan fingerprint density at radius 1 is 1.47 bits per heavy atom. The molecule has 8 heteroatoms. The number of rotatable bonds is 3. The number of aromatic nitrogens is 1. The van der Waals surface area contributed by atoms with Crippen molar-refractivity contribution >= 4 is 31.9 Å². The number of carboxylic acid groups (broad SMARTS) is 1. The Morgan fingerprint density at radius 2 is 2.16 bits per heavy atom. The van der Waals surface area contributed by atoms with Crippen LogP contribution in [0.25, 0.3) is 0 Å². The maximum atomic E-state index is 12.3. The van der Waals surface area contributed by atoms with Crippen molar-refractivity contribution < 1.29 is 18.3 Å². The molecule has 0 amide bonds. The number of carbonyl (C=O) groups is 1. The summed E-state index contributed by atoms with van der Waals surface area (Å²) in [7, 11) is -3.72. The normalized spacial score (nSPS) is 24.5. The second-order valence-electron chi connectivity index (χ2n) is 4.56. The summed E-state index contributed by atoms with van der Waals surface area (Å²) < 4.78 is 26.5. The molecule has 104 valence electrons. The Balaban J connectivity index is 2.27. The molecule has 1 saturated heterocycles. The monoisotopic (exact) mass is 348 g/mol. The zero-order valence-electron chi connectivity index (χ0n) is 10.2. The van der Waals surface area contributed by atoms with Gasteiger partial charge in [-0.2, -0.15) is 4.31 Å². The summed E-state index contributed by atoms with van der Waals surface area (Å²) >= 11 is 3.19. The quantitative estimate of drug-likeness (QED) is 0.886. The van der Waals surface area contributed by atoms with Crippen LogP contribution in [0.5, 0.6) is 0 Å². The fraction of sp³-hybridized carbons (Fsp3) is 0.455. The molecule has 0 aliphatic carbocycles. The number of pyridine rings is 1. The smallest absolute Gasteiger partial charge is 0.308 e. The van der Waals surface area contributed by atoms with Gasteiger partial charge in [0.05, 0.1) is 5.92 Å². The van der Waals surface area contributed by atoms with E-state index in [1.165, 1.54) is 16.6 Å². The maximum absolute atomic E-state index is 12.3. The third kappa shape index (κ3) is 2.80. The first kappa shape index (κ1) is 14.4. The maximum Gasteiger partial charge on any atom is 0.308 e. The lowest BCUT2D eigenvalue weighted by Gasteiger charge is -2.15. The molecule has 0 unspecified atom stereocenters. The lowest BCUT2D eigenvalue weighted by molar-refractivity contribution is -0.142. The van der Waals surface area contributed by atoms with Crippen molar-refractivity contribution in [3.63, 3.8) is 0 Å². The summed E-state index contributed by atoms with van der Waals surface area (Å²) in [6.07, 6.45) is 1.40. The minimum Gasteiger partial charge on any atom is -0.481 e. The van der Waals surface area contributed by atoms with Crippen molar-refractivity contribution in [3.8, 4) is 0 Å². The van der Waals surface area contributed by atoms with Crippen LogP contribution in [-0.4, -0.2) is 41.9 Å². The Kier molecular flexibility index (Phi) is 3.93. The molecule has 6 nitrogen and oxygen atoms in total. The largest absolute Gasteiger partial charge is 0.481 e. The highest BCUT2D eigenvalue weighted by Crippen LogP contribution is 2.28. The van der Waals surface area contributed by atoms with Gasteiger partial charge in [0, 0.05) is 23.8 Å². The molecule has 1 fully saturated rings. The highest BCUT2D eigenvalue weighted by atomic mass is 79.9. The lowest BCUT2D eigenvalue weighted by Crippen LogP contribution is -2.30. The third-order valence-electron chi connectivity index (χ3n) is 3.20. The number of hydrogen-bond acceptors (Lipinski definition) is 4. The fourth-order valence-corrected chi connectivity index (χ4v) is 3.80. The van der Waals surface area contributed by atoms with Crippen molar-refractivity contribution in [2.75, 3.05) is 13.1 Å². The van der Waals surface area contributed by atoms with Gasteiger partial charge in [-0.05, 0) is 34.0 Å². The SMILES string of the molecule is C[C@@H]1CN(S(=O)(=O)c2ccc(Br)cn2)C[C@H]1C(=O)O. The van der Waals surface area contributed by atoms with E-state index in [9.17, 15) is 13.2 Å². The van der Waals surface area contributed by atoms with Crippen molar-refractivity contribution in [1.82, 2.24) is 9.29 Å². The first-order valence-electron chi connectivity index (χ1n) is 5.67. The number of carboxylic acids is 1. The predicted molar refractivity (Wildman–Crippen MR) is 71.0 cm³/mol. The van der Waals surface area contributed by atoms with E-state index in [-0.39, 0.29) is 24.0 Å². The molecule has 2 heterocycles. The molecule has 2 atom stereocenters. The van der Waals surface area contributed by atoms with Gasteiger partial charge < -0.3 is 5.11 Å². The molecule has 0 saturated carbocycles. The highest BCUT2D eigenvalue weighted by Gasteiger charge is 2.41. The summed E-state index contributed by atoms with van der Waals surface area (Å²) in [4.78, 5) is 14.9. The van der Waals surface area contributed by atoms with Gasteiger partial charge in [0.1, 0.15) is 0 Å². The second-order valence-corrected chi connectivity index (χ2v) is 7.36. The Morgan fingerprint density at radius 3 is 2.63 bits per heavy atom. The second kappa shape index (κ2) is 5.18. The Bertz CT molecular complexity index is 587. The van der Waals surface area contributed by atoms with E-state index >= 15 is 0 Å². The van der Waals surface area contributed by atoms with Crippen LogP contribution in [0.3, 0.4) is 0 Å². The molecule has 1 N–H and O–H groups in total. The average Bonchev–Trinajstić information content (AvgIpc) is 2.72. The van der Waals surface area contributed by atoms with Crippen LogP contribution >= 0.6 is 15.9 Å². The van der Waals surface area contributed by atoms with Gasteiger partial charge in [-0.1, -0.05) is 6.92 Å². The Labute approximate surface area is 119 Å². The van der Waals surface area contributed by atoms with E-state index in [1.807, 2.05) is 0 Å². The average molecular weight is 349 g/mol. The fourth-order valence-electron chi connectivity index (χ4n) is 2.09. The summed E-state index contributed by atoms with van der Waals surface area (Å²) in [6.45, 7) is 1.94. The van der Waals surface area contributed by atoms with Crippen molar-refractivity contribution in [2.24, 2.45) is 11.8 Å². The van der Waals surface area contributed by atoms with E-state index in [1.54, 1.807) is 13.0 Å². The van der Waals surface area contributed by atoms with E-state index in [0.717, 1.165) is 0 Å². The van der Waals surface area contributed by atoms with Crippen molar-refractivity contribution in [3.05, 3.63) is 22.8 Å². The van der Waals surface area contributed by atoms with Gasteiger partial charge in [-0.15, -0.1) is 0 Å². The standard InChI is InChI=1S/C11H13BrN2O4S/c1-7-5-14(6-9(7)11(15)16)19(17,18)10-3-2-8(12)4-13-10/h2-4,7,9H,5-6H2,1H3,(H,15,16)/t7-,9-/m1/s1. The molecule has 0 bridgehead atoms. The van der Waals surface area contributed by atoms with Crippen molar-refractivity contribution in [1.29, 1.82) is 0 Å². The summed E-state index contributed by atoms with van der Waals surface area (Å²) in [5.41, 5.74) is 0. The lowest BCUT2D eigenvalue weighted by atomic mass is 9.99. The Hall–Kier alpha value is -0.990. The van der Waals surface area contributed by atoms with Gasteiger partial charge >= 0.3 is 5.97 Å². The van der Waals surface area contributed by atoms with Crippen LogP contribution in [0.4, 0.5) is 0 Å². The molecule has 1 aromatic heterocycles. The molecule has 0 radical (unpaired) electrons. The number of sulfonamides is 1. The van der Waals surface area contributed by atoms with Crippen LogP contribution in [-0.2, 0) is 14.8 Å². The number of halogens is 1. The molecule has 2 rings (SSSR count). The molecule has 1 aliphatic heterocycles. The number of hydrogen-bond donors (Lipinski definition) is 1. The van der Waals surface area contributed by atoms with E-state index < -0.39 is 21.9 Å². The molecule has 1 aliphatic rings. The topological polar surface area (TPSA) is 87.6 Å². The van der Waals surface area contributed by atoms with Crippen LogP contribution < -0.4 is 0 Å². The predicted octanol–water partition coefficient (Wildman–Crippen LogP) is 1.19. The minimum absolute atomic E-state index is 0.00340. The molecule has 0 aromatic carbocycles. The summed E-state index contributed by atoms with van der Waals surface area (Å²) in [5, 5.41) is 8.97. The first-order valence-corrected chi connectivity index (χ1v) is 7.90. The zero-order chi connectivity index (χ0) is 14.2. The zero-order valence-corrected chi connectivity index (χ0v) is 12.6. The van der Waals surface area contributed by atoms with Crippen LogP contribution in [0, 0.1) is 11.8 Å². The number of aliphatic carboxylic acids is 1. The highest BCUT2D eigenvalue weighted by molar-refractivity contribution is 9.10. The van der Waals surface area contributed by atoms with Crippen LogP contribution in [0.15, 0.2) is 27.8 Å². The van der Waals surface area contributed by atoms with Crippen LogP contribution in [0.1, 0.15) is 6.92 Å². The molecule has 0 spiro atoms. The minimum atomic E-state index is -3.72. The first-order chi connectivity index (χ1) is 8.82. The molecular weight excluding hydrogens is 336 g/mol. The van der Waals surface area contributed by atoms with E-state index in [0.29, 0.717) is 4.47 Å². The van der Waals surface area contributed by atoms with Crippen molar-refractivity contribution in [2.45, 2.75) is 11.9 Å². The van der Waals surface area contributed by atoms with Gasteiger partial charge in [0.25, 0.3) is 10.0 Å². The van der Waals surface area contributed by atoms with Gasteiger partial charge in [0.15, 0.2) is 5.03 Å². The molecule has 1 aromatic rings. The number of nitrogens with zero attached hydrogens (tertiary/aromatic N) is 2. The van der Waals surface area contributed by atoms with E-state index in [4.69, 9.17) is 5.11 Å². The van der Waals surface area contributed by atoms with Gasteiger partial charge in [0.2, 0.25) is 0 Å². The summed E-state index contributed by atoms with van der Waals surface area (Å²) in [5.74, 6) is -1.83. The summed E-state index contributed by atoms with van der Waals surface area (Å²) in [6, 6.07) is 2.99.